The number of amides is 2. The maximum atomic E-state index is 12.4. The standard InChI is InChI=1S/C28H30N4O3S/c1-20(2)27(34)32-18-16-31(17-19-32)24-11-7-6-10-23(24)29-28(36)30-26(33)15-13-22-12-14-25(35-22)21-8-4-3-5-9-21/h3-15,20H,16-19H2,1-2H3,(H2,29,30,33,36)/b15-13+. The Morgan fingerprint density at radius 1 is 0.944 bits per heavy atom. The molecule has 36 heavy (non-hydrogen) atoms. The summed E-state index contributed by atoms with van der Waals surface area (Å²) in [7, 11) is 0. The molecule has 8 heteroatoms. The first-order valence-corrected chi connectivity index (χ1v) is 12.4. The predicted molar refractivity (Wildman–Crippen MR) is 148 cm³/mol. The lowest BCUT2D eigenvalue weighted by Crippen LogP contribution is -2.50. The fourth-order valence-corrected chi connectivity index (χ4v) is 4.26. The van der Waals surface area contributed by atoms with Crippen molar-refractivity contribution >= 4 is 46.6 Å². The van der Waals surface area contributed by atoms with E-state index in [-0.39, 0.29) is 22.8 Å². The molecule has 0 atom stereocenters. The maximum absolute atomic E-state index is 12.4. The van der Waals surface area contributed by atoms with Crippen molar-refractivity contribution in [3.05, 3.63) is 78.6 Å². The van der Waals surface area contributed by atoms with Crippen molar-refractivity contribution in [1.82, 2.24) is 10.2 Å². The third kappa shape index (κ3) is 6.40. The molecule has 0 saturated carbocycles. The second kappa shape index (κ2) is 11.7. The van der Waals surface area contributed by atoms with Crippen LogP contribution in [0.15, 0.2) is 77.2 Å². The Balaban J connectivity index is 1.32. The van der Waals surface area contributed by atoms with E-state index in [1.807, 2.05) is 85.5 Å². The molecule has 1 saturated heterocycles. The third-order valence-electron chi connectivity index (χ3n) is 5.90. The molecular formula is C28H30N4O3S. The summed E-state index contributed by atoms with van der Waals surface area (Å²) in [5, 5.41) is 6.02. The van der Waals surface area contributed by atoms with E-state index in [4.69, 9.17) is 16.6 Å². The van der Waals surface area contributed by atoms with Crippen LogP contribution in [0.3, 0.4) is 0 Å². The molecule has 2 aromatic carbocycles. The van der Waals surface area contributed by atoms with Crippen LogP contribution in [0.1, 0.15) is 19.6 Å². The third-order valence-corrected chi connectivity index (χ3v) is 6.10. The lowest BCUT2D eigenvalue weighted by molar-refractivity contribution is -0.134. The van der Waals surface area contributed by atoms with Crippen molar-refractivity contribution in [3.63, 3.8) is 0 Å². The molecule has 2 heterocycles. The summed E-state index contributed by atoms with van der Waals surface area (Å²) in [5.74, 6) is 1.13. The number of furan rings is 1. The van der Waals surface area contributed by atoms with Crippen LogP contribution >= 0.6 is 12.2 Å². The van der Waals surface area contributed by atoms with E-state index < -0.39 is 0 Å². The molecule has 1 aromatic heterocycles. The fourth-order valence-electron chi connectivity index (χ4n) is 4.05. The number of para-hydroxylation sites is 2. The molecule has 4 rings (SSSR count). The number of carbonyl (C=O) groups excluding carboxylic acids is 2. The van der Waals surface area contributed by atoms with E-state index in [9.17, 15) is 9.59 Å². The van der Waals surface area contributed by atoms with Gasteiger partial charge in [-0.25, -0.2) is 0 Å². The zero-order valence-electron chi connectivity index (χ0n) is 20.4. The van der Waals surface area contributed by atoms with Gasteiger partial charge in [-0.15, -0.1) is 0 Å². The average Bonchev–Trinajstić information content (AvgIpc) is 3.37. The fraction of sp³-hybridized carbons (Fsp3) is 0.250. The molecule has 0 bridgehead atoms. The smallest absolute Gasteiger partial charge is 0.250 e. The molecule has 186 valence electrons. The van der Waals surface area contributed by atoms with Crippen LogP contribution in [0.25, 0.3) is 17.4 Å². The molecule has 2 amide bonds. The Hall–Kier alpha value is -3.91. The molecular weight excluding hydrogens is 472 g/mol. The first-order valence-electron chi connectivity index (χ1n) is 12.0. The summed E-state index contributed by atoms with van der Waals surface area (Å²) in [4.78, 5) is 28.8. The summed E-state index contributed by atoms with van der Waals surface area (Å²) in [6, 6.07) is 21.3. The number of nitrogens with zero attached hydrogens (tertiary/aromatic N) is 2. The van der Waals surface area contributed by atoms with E-state index in [0.29, 0.717) is 18.8 Å². The van der Waals surface area contributed by atoms with Crippen LogP contribution < -0.4 is 15.5 Å². The van der Waals surface area contributed by atoms with E-state index in [2.05, 4.69) is 15.5 Å². The quantitative estimate of drug-likeness (QED) is 0.373. The summed E-state index contributed by atoms with van der Waals surface area (Å²) in [6.07, 6.45) is 2.99. The number of thiocarbonyl (C=S) groups is 1. The van der Waals surface area contributed by atoms with E-state index in [1.54, 1.807) is 6.08 Å². The molecule has 3 aromatic rings. The minimum atomic E-state index is -0.358. The SMILES string of the molecule is CC(C)C(=O)N1CCN(c2ccccc2NC(=S)NC(=O)/C=C/c2ccc(-c3ccccc3)o2)CC1. The molecule has 1 fully saturated rings. The van der Waals surface area contributed by atoms with Gasteiger partial charge in [0.1, 0.15) is 11.5 Å². The van der Waals surface area contributed by atoms with Gasteiger partial charge in [-0.05, 0) is 42.6 Å². The lowest BCUT2D eigenvalue weighted by Gasteiger charge is -2.37. The molecule has 7 nitrogen and oxygen atoms in total. The van der Waals surface area contributed by atoms with Crippen LogP contribution in [0.5, 0.6) is 0 Å². The minimum absolute atomic E-state index is 0.000708. The second-order valence-corrected chi connectivity index (χ2v) is 9.24. The number of rotatable bonds is 6. The number of benzene rings is 2. The summed E-state index contributed by atoms with van der Waals surface area (Å²) < 4.78 is 5.79. The topological polar surface area (TPSA) is 77.8 Å². The molecule has 0 aliphatic carbocycles. The first kappa shape index (κ1) is 25.2. The number of anilines is 2. The highest BCUT2D eigenvalue weighted by molar-refractivity contribution is 7.80. The van der Waals surface area contributed by atoms with Crippen LogP contribution in [0.4, 0.5) is 11.4 Å². The maximum Gasteiger partial charge on any atom is 0.250 e. The van der Waals surface area contributed by atoms with Gasteiger partial charge in [0.05, 0.1) is 11.4 Å². The van der Waals surface area contributed by atoms with Crippen LogP contribution in [0, 0.1) is 5.92 Å². The summed E-state index contributed by atoms with van der Waals surface area (Å²) in [6.45, 7) is 6.66. The number of hydrogen-bond acceptors (Lipinski definition) is 5. The second-order valence-electron chi connectivity index (χ2n) is 8.83. The van der Waals surface area contributed by atoms with Gasteiger partial charge >= 0.3 is 0 Å². The highest BCUT2D eigenvalue weighted by Gasteiger charge is 2.24. The van der Waals surface area contributed by atoms with Crippen molar-refractivity contribution in [2.24, 2.45) is 5.92 Å². The highest BCUT2D eigenvalue weighted by Crippen LogP contribution is 2.27. The van der Waals surface area contributed by atoms with Crippen molar-refractivity contribution in [2.75, 3.05) is 36.4 Å². The average molecular weight is 503 g/mol. The number of piperazine rings is 1. The summed E-state index contributed by atoms with van der Waals surface area (Å²) in [5.41, 5.74) is 2.75. The van der Waals surface area contributed by atoms with E-state index >= 15 is 0 Å². The first-order chi connectivity index (χ1) is 17.4. The molecule has 1 aliphatic heterocycles. The van der Waals surface area contributed by atoms with E-state index in [0.717, 1.165) is 35.8 Å². The number of nitrogens with one attached hydrogen (secondary N) is 2. The molecule has 0 unspecified atom stereocenters. The van der Waals surface area contributed by atoms with Crippen molar-refractivity contribution in [2.45, 2.75) is 13.8 Å². The van der Waals surface area contributed by atoms with Crippen LogP contribution in [-0.2, 0) is 9.59 Å². The van der Waals surface area contributed by atoms with Crippen molar-refractivity contribution < 1.29 is 14.0 Å². The molecule has 1 aliphatic rings. The van der Waals surface area contributed by atoms with Gasteiger partial charge < -0.3 is 19.5 Å². The van der Waals surface area contributed by atoms with Crippen LogP contribution in [0.2, 0.25) is 0 Å². The van der Waals surface area contributed by atoms with Gasteiger partial charge in [0.25, 0.3) is 0 Å². The van der Waals surface area contributed by atoms with Crippen molar-refractivity contribution in [1.29, 1.82) is 0 Å². The Kier molecular flexibility index (Phi) is 8.17. The molecule has 2 N–H and O–H groups in total. The van der Waals surface area contributed by atoms with Gasteiger partial charge in [0.15, 0.2) is 5.11 Å². The Bertz CT molecular complexity index is 1240. The van der Waals surface area contributed by atoms with E-state index in [1.165, 1.54) is 6.08 Å². The highest BCUT2D eigenvalue weighted by atomic mass is 32.1. The Morgan fingerprint density at radius 2 is 1.64 bits per heavy atom. The van der Waals surface area contributed by atoms with Crippen LogP contribution in [-0.4, -0.2) is 48.0 Å². The number of hydrogen-bond donors (Lipinski definition) is 2. The van der Waals surface area contributed by atoms with Gasteiger partial charge in [0, 0.05) is 43.7 Å². The predicted octanol–water partition coefficient (Wildman–Crippen LogP) is 4.78. The zero-order valence-corrected chi connectivity index (χ0v) is 21.3. The van der Waals surface area contributed by atoms with Gasteiger partial charge in [-0.3, -0.25) is 14.9 Å². The molecule has 0 spiro atoms. The monoisotopic (exact) mass is 502 g/mol. The van der Waals surface area contributed by atoms with Gasteiger partial charge in [-0.2, -0.15) is 0 Å². The summed E-state index contributed by atoms with van der Waals surface area (Å²) >= 11 is 5.38. The van der Waals surface area contributed by atoms with Crippen molar-refractivity contribution in [3.8, 4) is 11.3 Å². The number of carbonyl (C=O) groups is 2. The largest absolute Gasteiger partial charge is 0.457 e. The zero-order chi connectivity index (χ0) is 25.5. The lowest BCUT2D eigenvalue weighted by atomic mass is 10.1. The van der Waals surface area contributed by atoms with Gasteiger partial charge in [0.2, 0.25) is 11.8 Å². The normalized spacial score (nSPS) is 13.8. The molecule has 0 radical (unpaired) electrons. The van der Waals surface area contributed by atoms with Gasteiger partial charge in [-0.1, -0.05) is 56.3 Å². The Morgan fingerprint density at radius 3 is 2.36 bits per heavy atom. The Labute approximate surface area is 216 Å². The minimum Gasteiger partial charge on any atom is -0.457 e.